The average Bonchev–Trinajstić information content (AvgIpc) is 3.43. The topological polar surface area (TPSA) is 122 Å². The van der Waals surface area contributed by atoms with Crippen LogP contribution >= 0.6 is 22.6 Å². The Hall–Kier alpha value is -4.11. The molecule has 1 saturated heterocycles. The number of carbonyl (C=O) groups is 3. The van der Waals surface area contributed by atoms with Crippen molar-refractivity contribution in [1.29, 1.82) is 5.26 Å². The Balaban J connectivity index is 1.44. The largest absolute Gasteiger partial charge is 0.488 e. The predicted molar refractivity (Wildman–Crippen MR) is 132 cm³/mol. The molecule has 1 N–H and O–H groups in total. The van der Waals surface area contributed by atoms with E-state index in [1.165, 1.54) is 19.2 Å². The highest BCUT2D eigenvalue weighted by Crippen LogP contribution is 2.26. The summed E-state index contributed by atoms with van der Waals surface area (Å²) in [4.78, 5) is 37.7. The molecule has 9 nitrogen and oxygen atoms in total. The second-order valence-electron chi connectivity index (χ2n) is 7.38. The van der Waals surface area contributed by atoms with E-state index in [0.29, 0.717) is 16.9 Å². The minimum absolute atomic E-state index is 0.0154. The van der Waals surface area contributed by atoms with Crippen molar-refractivity contribution in [1.82, 2.24) is 10.2 Å². The molecule has 1 aromatic heterocycles. The van der Waals surface area contributed by atoms with Crippen LogP contribution in [-0.2, 0) is 22.7 Å². The van der Waals surface area contributed by atoms with E-state index in [9.17, 15) is 19.6 Å². The summed E-state index contributed by atoms with van der Waals surface area (Å²) >= 11 is 2.12. The van der Waals surface area contributed by atoms with Crippen molar-refractivity contribution >= 4 is 46.6 Å². The van der Waals surface area contributed by atoms with E-state index in [1.807, 2.05) is 18.2 Å². The molecule has 3 aromatic rings. The summed E-state index contributed by atoms with van der Waals surface area (Å²) in [6.45, 7) is 0.113. The quantitative estimate of drug-likeness (QED) is 0.191. The van der Waals surface area contributed by atoms with Crippen molar-refractivity contribution in [3.63, 3.8) is 0 Å². The van der Waals surface area contributed by atoms with Gasteiger partial charge in [0.05, 0.1) is 28.9 Å². The monoisotopic (exact) mass is 583 g/mol. The highest BCUT2D eigenvalue weighted by molar-refractivity contribution is 14.1. The fourth-order valence-corrected chi connectivity index (χ4v) is 4.04. The van der Waals surface area contributed by atoms with E-state index in [2.05, 4.69) is 38.7 Å². The van der Waals surface area contributed by atoms with Crippen LogP contribution in [0, 0.1) is 14.9 Å². The van der Waals surface area contributed by atoms with Gasteiger partial charge in [0.15, 0.2) is 0 Å². The second-order valence-corrected chi connectivity index (χ2v) is 8.55. The number of nitriles is 1. The minimum atomic E-state index is -0.648. The fraction of sp³-hybridized carbons (Fsp3) is 0.120. The molecule has 1 aliphatic rings. The van der Waals surface area contributed by atoms with Gasteiger partial charge in [-0.2, -0.15) is 5.26 Å². The van der Waals surface area contributed by atoms with Crippen LogP contribution in [0.5, 0.6) is 5.75 Å². The number of amides is 3. The van der Waals surface area contributed by atoms with E-state index in [-0.39, 0.29) is 30.4 Å². The lowest BCUT2D eigenvalue weighted by molar-refractivity contribution is -0.123. The van der Waals surface area contributed by atoms with Crippen molar-refractivity contribution in [2.75, 3.05) is 7.11 Å². The number of nitrogens with one attached hydrogen (secondary N) is 1. The van der Waals surface area contributed by atoms with Crippen LogP contribution < -0.4 is 10.1 Å². The van der Waals surface area contributed by atoms with E-state index < -0.39 is 17.9 Å². The van der Waals surface area contributed by atoms with Gasteiger partial charge in [-0.25, -0.2) is 9.59 Å². The Morgan fingerprint density at radius 2 is 2.00 bits per heavy atom. The van der Waals surface area contributed by atoms with E-state index in [4.69, 9.17) is 9.15 Å². The minimum Gasteiger partial charge on any atom is -0.488 e. The number of benzene rings is 2. The zero-order chi connectivity index (χ0) is 24.9. The summed E-state index contributed by atoms with van der Waals surface area (Å²) in [6, 6.07) is 17.0. The number of hydrogen-bond donors (Lipinski definition) is 1. The number of imide groups is 1. The molecular weight excluding hydrogens is 565 g/mol. The van der Waals surface area contributed by atoms with Crippen molar-refractivity contribution < 1.29 is 28.3 Å². The van der Waals surface area contributed by atoms with Crippen LogP contribution in [0.4, 0.5) is 4.79 Å². The highest BCUT2D eigenvalue weighted by atomic mass is 127. The zero-order valence-corrected chi connectivity index (χ0v) is 20.6. The normalized spacial score (nSPS) is 14.1. The average molecular weight is 583 g/mol. The first-order valence-corrected chi connectivity index (χ1v) is 11.4. The lowest BCUT2D eigenvalue weighted by Gasteiger charge is -2.10. The molecule has 10 heteroatoms. The first-order valence-electron chi connectivity index (χ1n) is 10.3. The van der Waals surface area contributed by atoms with Gasteiger partial charge in [0.1, 0.15) is 23.8 Å². The maximum absolute atomic E-state index is 12.8. The van der Waals surface area contributed by atoms with Crippen LogP contribution in [0.1, 0.15) is 33.0 Å². The van der Waals surface area contributed by atoms with E-state index in [0.717, 1.165) is 14.0 Å². The highest BCUT2D eigenvalue weighted by Gasteiger charge is 2.34. The number of carbonyl (C=O) groups excluding carboxylic acids is 3. The molecule has 176 valence electrons. The van der Waals surface area contributed by atoms with E-state index >= 15 is 0 Å². The zero-order valence-electron chi connectivity index (χ0n) is 18.4. The first kappa shape index (κ1) is 24.0. The summed E-state index contributed by atoms with van der Waals surface area (Å²) in [5.74, 6) is -0.287. The number of furan rings is 1. The van der Waals surface area contributed by atoms with Gasteiger partial charge in [-0.05, 0) is 64.6 Å². The Morgan fingerprint density at radius 1 is 1.20 bits per heavy atom. The first-order chi connectivity index (χ1) is 16.9. The molecule has 4 rings (SSSR count). The molecule has 0 radical (unpaired) electrons. The summed E-state index contributed by atoms with van der Waals surface area (Å²) in [5, 5.41) is 11.8. The maximum atomic E-state index is 12.8. The van der Waals surface area contributed by atoms with Gasteiger partial charge in [-0.15, -0.1) is 0 Å². The third-order valence-corrected chi connectivity index (χ3v) is 5.96. The molecule has 1 fully saturated rings. The molecule has 0 saturated carbocycles. The molecule has 0 unspecified atom stereocenters. The Labute approximate surface area is 214 Å². The van der Waals surface area contributed by atoms with E-state index in [1.54, 1.807) is 30.3 Å². The standard InChI is InChI=1S/C25H18IN3O6/c1-33-24(31)22-9-7-18(35-22)13-29-23(30)20(28-25(29)32)11-15-6-8-21(19(26)10-15)34-14-17-5-3-2-4-16(17)12-27/h2-11H,13-14H2,1H3,(H,28,32)/b20-11-. The third kappa shape index (κ3) is 5.36. The molecule has 0 aliphatic carbocycles. The number of ether oxygens (including phenoxy) is 2. The summed E-state index contributed by atoms with van der Waals surface area (Å²) in [7, 11) is 1.23. The molecule has 2 heterocycles. The number of esters is 1. The summed E-state index contributed by atoms with van der Waals surface area (Å²) in [6.07, 6.45) is 1.57. The van der Waals surface area contributed by atoms with Gasteiger partial charge in [-0.3, -0.25) is 9.69 Å². The summed E-state index contributed by atoms with van der Waals surface area (Å²) in [5.41, 5.74) is 2.14. The Kier molecular flexibility index (Phi) is 7.17. The van der Waals surface area contributed by atoms with Gasteiger partial charge in [0.25, 0.3) is 5.91 Å². The predicted octanol–water partition coefficient (Wildman–Crippen LogP) is 4.21. The number of hydrogen-bond acceptors (Lipinski definition) is 7. The molecule has 35 heavy (non-hydrogen) atoms. The molecule has 1 aliphatic heterocycles. The second kappa shape index (κ2) is 10.4. The Morgan fingerprint density at radius 3 is 2.74 bits per heavy atom. The molecule has 0 spiro atoms. The van der Waals surface area contributed by atoms with Crippen molar-refractivity contribution in [2.45, 2.75) is 13.2 Å². The molecule has 0 atom stereocenters. The number of urea groups is 1. The number of methoxy groups -OCH3 is 1. The van der Waals surface area contributed by atoms with Crippen LogP contribution in [0.3, 0.4) is 0 Å². The SMILES string of the molecule is COC(=O)c1ccc(CN2C(=O)N/C(=C\c3ccc(OCc4ccccc4C#N)c(I)c3)C2=O)o1. The van der Waals surface area contributed by atoms with Crippen molar-refractivity contribution in [3.05, 3.63) is 92.1 Å². The smallest absolute Gasteiger partial charge is 0.373 e. The number of rotatable bonds is 7. The molecule has 3 amide bonds. The fourth-order valence-electron chi connectivity index (χ4n) is 3.35. The van der Waals surface area contributed by atoms with Crippen molar-refractivity contribution in [3.8, 4) is 11.8 Å². The Bertz CT molecular complexity index is 1390. The molecule has 0 bridgehead atoms. The maximum Gasteiger partial charge on any atom is 0.373 e. The molecular formula is C25H18IN3O6. The number of nitrogens with zero attached hydrogens (tertiary/aromatic N) is 2. The lowest BCUT2D eigenvalue weighted by Crippen LogP contribution is -2.30. The van der Waals surface area contributed by atoms with Crippen LogP contribution in [0.25, 0.3) is 6.08 Å². The van der Waals surface area contributed by atoms with Gasteiger partial charge < -0.3 is 19.2 Å². The van der Waals surface area contributed by atoms with Gasteiger partial charge >= 0.3 is 12.0 Å². The van der Waals surface area contributed by atoms with Crippen molar-refractivity contribution in [2.24, 2.45) is 0 Å². The van der Waals surface area contributed by atoms with Gasteiger partial charge in [0.2, 0.25) is 5.76 Å². The van der Waals surface area contributed by atoms with Crippen LogP contribution in [-0.4, -0.2) is 29.9 Å². The third-order valence-electron chi connectivity index (χ3n) is 5.11. The lowest BCUT2D eigenvalue weighted by atomic mass is 10.1. The summed E-state index contributed by atoms with van der Waals surface area (Å²) < 4.78 is 16.6. The number of halogens is 1. The van der Waals surface area contributed by atoms with Gasteiger partial charge in [-0.1, -0.05) is 24.3 Å². The van der Waals surface area contributed by atoms with Crippen LogP contribution in [0.15, 0.2) is 64.7 Å². The molecule has 2 aromatic carbocycles. The van der Waals surface area contributed by atoms with Gasteiger partial charge in [0, 0.05) is 5.56 Å². The van der Waals surface area contributed by atoms with Crippen LogP contribution in [0.2, 0.25) is 0 Å².